The number of halogens is 2. The van der Waals surface area contributed by atoms with Gasteiger partial charge in [0.25, 0.3) is 0 Å². The first-order valence-electron chi connectivity index (χ1n) is 7.00. The highest BCUT2D eigenvalue weighted by atomic mass is 79.9. The van der Waals surface area contributed by atoms with Gasteiger partial charge in [0.15, 0.2) is 11.5 Å². The summed E-state index contributed by atoms with van der Waals surface area (Å²) in [6, 6.07) is 4.14. The minimum Gasteiger partial charge on any atom is -0.486 e. The van der Waals surface area contributed by atoms with Gasteiger partial charge in [-0.1, -0.05) is 59.6 Å². The van der Waals surface area contributed by atoms with Crippen LogP contribution >= 0.6 is 31.9 Å². The van der Waals surface area contributed by atoms with Crippen molar-refractivity contribution < 1.29 is 9.47 Å². The molecule has 0 saturated heterocycles. The van der Waals surface area contributed by atoms with Crippen LogP contribution in [0.25, 0.3) is 0 Å². The number of hydrogen-bond donors (Lipinski definition) is 0. The molecule has 0 bridgehead atoms. The van der Waals surface area contributed by atoms with Crippen LogP contribution in [0.4, 0.5) is 0 Å². The number of ether oxygens (including phenoxy) is 2. The van der Waals surface area contributed by atoms with Crippen molar-refractivity contribution in [1.29, 1.82) is 0 Å². The van der Waals surface area contributed by atoms with Gasteiger partial charge in [0.2, 0.25) is 0 Å². The van der Waals surface area contributed by atoms with E-state index >= 15 is 0 Å². The summed E-state index contributed by atoms with van der Waals surface area (Å²) >= 11 is 7.60. The molecule has 4 heteroatoms. The Morgan fingerprint density at radius 1 is 1.05 bits per heavy atom. The Morgan fingerprint density at radius 2 is 1.55 bits per heavy atom. The summed E-state index contributed by atoms with van der Waals surface area (Å²) in [5, 5.41) is 0. The summed E-state index contributed by atoms with van der Waals surface area (Å²) in [5.41, 5.74) is 1.93. The van der Waals surface area contributed by atoms with Gasteiger partial charge < -0.3 is 9.47 Å². The Labute approximate surface area is 137 Å². The Morgan fingerprint density at radius 3 is 2.05 bits per heavy atom. The van der Waals surface area contributed by atoms with Crippen molar-refractivity contribution in [3.8, 4) is 11.5 Å². The second-order valence-corrected chi connectivity index (χ2v) is 8.68. The standard InChI is InChI=1S/C16H20Br2O2/c1-15(2)14(16(15,3)4)13(18)9-7-11-12(8-10(9)17)20-6-5-19-11/h7-8,13-14H,5-6H2,1-4H3. The van der Waals surface area contributed by atoms with Crippen molar-refractivity contribution in [2.24, 2.45) is 16.7 Å². The molecule has 3 rings (SSSR count). The van der Waals surface area contributed by atoms with Crippen LogP contribution in [0.3, 0.4) is 0 Å². The van der Waals surface area contributed by atoms with E-state index in [-0.39, 0.29) is 0 Å². The molecule has 20 heavy (non-hydrogen) atoms. The summed E-state index contributed by atoms with van der Waals surface area (Å²) in [6.45, 7) is 10.6. The van der Waals surface area contributed by atoms with E-state index in [2.05, 4.69) is 65.6 Å². The van der Waals surface area contributed by atoms with Gasteiger partial charge in [-0.15, -0.1) is 0 Å². The molecule has 1 atom stereocenters. The molecule has 1 aliphatic heterocycles. The zero-order valence-electron chi connectivity index (χ0n) is 12.3. The lowest BCUT2D eigenvalue weighted by molar-refractivity contribution is 0.171. The van der Waals surface area contributed by atoms with Gasteiger partial charge in [-0.2, -0.15) is 0 Å². The van der Waals surface area contributed by atoms with Gasteiger partial charge in [0.1, 0.15) is 13.2 Å². The number of rotatable bonds is 2. The third-order valence-electron chi connectivity index (χ3n) is 5.38. The molecule has 1 aromatic rings. The van der Waals surface area contributed by atoms with Crippen molar-refractivity contribution in [2.75, 3.05) is 13.2 Å². The average molecular weight is 404 g/mol. The molecule has 0 N–H and O–H groups in total. The quantitative estimate of drug-likeness (QED) is 0.620. The molecule has 1 heterocycles. The normalized spacial score (nSPS) is 24.3. The molecular weight excluding hydrogens is 384 g/mol. The molecule has 1 aromatic carbocycles. The third kappa shape index (κ3) is 2.02. The van der Waals surface area contributed by atoms with E-state index in [1.54, 1.807) is 0 Å². The molecule has 2 nitrogen and oxygen atoms in total. The molecule has 0 aromatic heterocycles. The largest absolute Gasteiger partial charge is 0.486 e. The molecule has 1 saturated carbocycles. The van der Waals surface area contributed by atoms with E-state index in [9.17, 15) is 0 Å². The smallest absolute Gasteiger partial charge is 0.162 e. The highest BCUT2D eigenvalue weighted by molar-refractivity contribution is 9.11. The number of hydrogen-bond acceptors (Lipinski definition) is 2. The van der Waals surface area contributed by atoms with Crippen LogP contribution in [0.2, 0.25) is 0 Å². The minimum atomic E-state index is 0.317. The minimum absolute atomic E-state index is 0.317. The highest BCUT2D eigenvalue weighted by Gasteiger charge is 2.67. The van der Waals surface area contributed by atoms with Gasteiger partial charge in [0.05, 0.1) is 0 Å². The summed E-state index contributed by atoms with van der Waals surface area (Å²) in [6.07, 6.45) is 0. The van der Waals surface area contributed by atoms with E-state index in [0.29, 0.717) is 34.8 Å². The molecule has 110 valence electrons. The molecule has 1 aliphatic carbocycles. The van der Waals surface area contributed by atoms with Crippen LogP contribution in [-0.2, 0) is 0 Å². The number of fused-ring (bicyclic) bond motifs is 1. The molecule has 1 unspecified atom stereocenters. The SMILES string of the molecule is CC1(C)C(C(Br)c2cc3c(cc2Br)OCCO3)C1(C)C. The Balaban J connectivity index is 1.95. The molecule has 0 amide bonds. The fourth-order valence-corrected chi connectivity index (χ4v) is 6.03. The predicted molar refractivity (Wildman–Crippen MR) is 87.9 cm³/mol. The van der Waals surface area contributed by atoms with Crippen LogP contribution in [-0.4, -0.2) is 13.2 Å². The van der Waals surface area contributed by atoms with Crippen molar-refractivity contribution >= 4 is 31.9 Å². The Bertz CT molecular complexity index is 538. The van der Waals surface area contributed by atoms with E-state index in [0.717, 1.165) is 16.0 Å². The predicted octanol–water partition coefficient (Wildman–Crippen LogP) is 5.34. The van der Waals surface area contributed by atoms with Crippen LogP contribution in [0.1, 0.15) is 38.1 Å². The maximum absolute atomic E-state index is 5.71. The topological polar surface area (TPSA) is 18.5 Å². The zero-order chi connectivity index (χ0) is 14.7. The fraction of sp³-hybridized carbons (Fsp3) is 0.625. The maximum Gasteiger partial charge on any atom is 0.162 e. The van der Waals surface area contributed by atoms with Crippen molar-refractivity contribution in [2.45, 2.75) is 32.5 Å². The third-order valence-corrected chi connectivity index (χ3v) is 7.09. The fourth-order valence-electron chi connectivity index (χ4n) is 3.45. The van der Waals surface area contributed by atoms with E-state index in [4.69, 9.17) is 9.47 Å². The molecule has 1 fully saturated rings. The Hall–Kier alpha value is -0.220. The zero-order valence-corrected chi connectivity index (χ0v) is 15.5. The lowest BCUT2D eigenvalue weighted by Crippen LogP contribution is -2.16. The Kier molecular flexibility index (Phi) is 3.41. The molecule has 0 spiro atoms. The lowest BCUT2D eigenvalue weighted by atomic mass is 10.0. The van der Waals surface area contributed by atoms with Crippen LogP contribution in [0.5, 0.6) is 11.5 Å². The second kappa shape index (κ2) is 4.64. The van der Waals surface area contributed by atoms with Crippen LogP contribution in [0.15, 0.2) is 16.6 Å². The monoisotopic (exact) mass is 402 g/mol. The summed E-state index contributed by atoms with van der Waals surface area (Å²) in [4.78, 5) is 0.317. The van der Waals surface area contributed by atoms with Gasteiger partial charge >= 0.3 is 0 Å². The molecule has 0 radical (unpaired) electrons. The first kappa shape index (κ1) is 14.7. The number of alkyl halides is 1. The first-order valence-corrected chi connectivity index (χ1v) is 8.71. The van der Waals surface area contributed by atoms with Gasteiger partial charge in [-0.05, 0) is 34.4 Å². The van der Waals surface area contributed by atoms with Crippen LogP contribution in [0, 0.1) is 16.7 Å². The summed E-state index contributed by atoms with van der Waals surface area (Å²) in [7, 11) is 0. The van der Waals surface area contributed by atoms with Gasteiger partial charge in [0, 0.05) is 9.30 Å². The van der Waals surface area contributed by atoms with Crippen molar-refractivity contribution in [3.05, 3.63) is 22.2 Å². The van der Waals surface area contributed by atoms with E-state index in [1.165, 1.54) is 5.56 Å². The van der Waals surface area contributed by atoms with E-state index < -0.39 is 0 Å². The first-order chi connectivity index (χ1) is 9.26. The molecular formula is C16H20Br2O2. The van der Waals surface area contributed by atoms with Crippen molar-refractivity contribution in [3.63, 3.8) is 0 Å². The van der Waals surface area contributed by atoms with Crippen LogP contribution < -0.4 is 9.47 Å². The average Bonchev–Trinajstić information content (AvgIpc) is 2.78. The highest BCUT2D eigenvalue weighted by Crippen LogP contribution is 2.74. The van der Waals surface area contributed by atoms with E-state index in [1.807, 2.05) is 6.07 Å². The number of benzene rings is 1. The second-order valence-electron chi connectivity index (χ2n) is 6.84. The van der Waals surface area contributed by atoms with Gasteiger partial charge in [-0.25, -0.2) is 0 Å². The maximum atomic E-state index is 5.71. The lowest BCUT2D eigenvalue weighted by Gasteiger charge is -2.22. The van der Waals surface area contributed by atoms with Crippen molar-refractivity contribution in [1.82, 2.24) is 0 Å². The summed E-state index contributed by atoms with van der Waals surface area (Å²) < 4.78 is 12.4. The summed E-state index contributed by atoms with van der Waals surface area (Å²) in [5.74, 6) is 2.30. The van der Waals surface area contributed by atoms with Gasteiger partial charge in [-0.3, -0.25) is 0 Å². The molecule has 2 aliphatic rings.